The molecule has 5 rings (SSSR count). The molecule has 0 atom stereocenters. The molecular weight excluding hydrogens is 322 g/mol. The van der Waals surface area contributed by atoms with Crippen LogP contribution in [0.3, 0.4) is 0 Å². The molecule has 2 heterocycles. The third-order valence-corrected chi connectivity index (χ3v) is 4.38. The predicted molar refractivity (Wildman–Crippen MR) is 95.3 cm³/mol. The Morgan fingerprint density at radius 3 is 2.08 bits per heavy atom. The molecule has 0 spiro atoms. The lowest BCUT2D eigenvalue weighted by atomic mass is 10.1. The maximum atomic E-state index is 5.96. The quantitative estimate of drug-likeness (QED) is 0.386. The number of hydrogen-bond acceptors (Lipinski definition) is 2. The number of nitrogens with one attached hydrogen (secondary N) is 1. The molecule has 3 nitrogen and oxygen atoms in total. The monoisotopic (exact) mass is 333 g/mol. The van der Waals surface area contributed by atoms with E-state index < -0.39 is 0 Å². The maximum absolute atomic E-state index is 5.96. The van der Waals surface area contributed by atoms with E-state index in [1.165, 1.54) is 0 Å². The van der Waals surface area contributed by atoms with Crippen molar-refractivity contribution in [1.82, 2.24) is 4.98 Å². The second-order valence-corrected chi connectivity index (χ2v) is 6.16. The Morgan fingerprint density at radius 2 is 1.38 bits per heavy atom. The SMILES string of the molecule is Clc1ccc(-c2cc3cc4c(cc3[nH]2)Oc2ccccc2O4)cc1. The second-order valence-electron chi connectivity index (χ2n) is 5.73. The third-order valence-electron chi connectivity index (χ3n) is 4.13. The van der Waals surface area contributed by atoms with Gasteiger partial charge in [0.25, 0.3) is 0 Å². The number of aromatic amines is 1. The summed E-state index contributed by atoms with van der Waals surface area (Å²) in [6.45, 7) is 0. The molecule has 0 unspecified atom stereocenters. The number of benzene rings is 3. The summed E-state index contributed by atoms with van der Waals surface area (Å²) in [6, 6.07) is 21.5. The first-order chi connectivity index (χ1) is 11.8. The van der Waals surface area contributed by atoms with Crippen LogP contribution in [0.2, 0.25) is 5.02 Å². The fourth-order valence-electron chi connectivity index (χ4n) is 2.94. The maximum Gasteiger partial charge on any atom is 0.172 e. The second kappa shape index (κ2) is 5.05. The van der Waals surface area contributed by atoms with E-state index in [1.807, 2.05) is 60.7 Å². The molecule has 116 valence electrons. The van der Waals surface area contributed by atoms with Crippen molar-refractivity contribution < 1.29 is 9.47 Å². The molecular formula is C20H12ClNO2. The molecule has 0 radical (unpaired) electrons. The highest BCUT2D eigenvalue weighted by molar-refractivity contribution is 6.30. The van der Waals surface area contributed by atoms with Gasteiger partial charge in [-0.15, -0.1) is 0 Å². The molecule has 1 N–H and O–H groups in total. The Balaban J connectivity index is 1.61. The standard InChI is InChI=1S/C20H12ClNO2/c21-14-7-5-12(6-8-14)15-9-13-10-19-20(11-16(13)22-15)24-18-4-2-1-3-17(18)23-19/h1-11,22H. The highest BCUT2D eigenvalue weighted by Crippen LogP contribution is 2.46. The van der Waals surface area contributed by atoms with Gasteiger partial charge in [0.1, 0.15) is 0 Å². The Labute approximate surface area is 143 Å². The number of rotatable bonds is 1. The van der Waals surface area contributed by atoms with Gasteiger partial charge in [-0.25, -0.2) is 0 Å². The van der Waals surface area contributed by atoms with E-state index in [0.717, 1.165) is 44.4 Å². The molecule has 1 aromatic heterocycles. The summed E-state index contributed by atoms with van der Waals surface area (Å²) in [6.07, 6.45) is 0. The van der Waals surface area contributed by atoms with Crippen molar-refractivity contribution in [3.05, 3.63) is 71.8 Å². The summed E-state index contributed by atoms with van der Waals surface area (Å²) in [4.78, 5) is 3.43. The van der Waals surface area contributed by atoms with Crippen molar-refractivity contribution in [2.24, 2.45) is 0 Å². The topological polar surface area (TPSA) is 34.2 Å². The molecule has 0 saturated heterocycles. The lowest BCUT2D eigenvalue weighted by Gasteiger charge is -2.20. The van der Waals surface area contributed by atoms with E-state index in [4.69, 9.17) is 21.1 Å². The molecule has 0 saturated carbocycles. The Kier molecular flexibility index (Phi) is 2.84. The van der Waals surface area contributed by atoms with Crippen molar-refractivity contribution in [2.75, 3.05) is 0 Å². The van der Waals surface area contributed by atoms with Crippen molar-refractivity contribution in [2.45, 2.75) is 0 Å². The minimum Gasteiger partial charge on any atom is -0.449 e. The molecule has 0 bridgehead atoms. The summed E-state index contributed by atoms with van der Waals surface area (Å²) in [5.41, 5.74) is 3.11. The first-order valence-corrected chi connectivity index (χ1v) is 8.01. The van der Waals surface area contributed by atoms with Crippen LogP contribution in [0.1, 0.15) is 0 Å². The number of aromatic nitrogens is 1. The van der Waals surface area contributed by atoms with Crippen LogP contribution < -0.4 is 9.47 Å². The molecule has 24 heavy (non-hydrogen) atoms. The molecule has 0 amide bonds. The summed E-state index contributed by atoms with van der Waals surface area (Å²) >= 11 is 5.96. The summed E-state index contributed by atoms with van der Waals surface area (Å²) in [5.74, 6) is 2.90. The summed E-state index contributed by atoms with van der Waals surface area (Å²) in [5, 5.41) is 1.80. The van der Waals surface area contributed by atoms with Gasteiger partial charge in [0.05, 0.1) is 0 Å². The summed E-state index contributed by atoms with van der Waals surface area (Å²) < 4.78 is 11.9. The van der Waals surface area contributed by atoms with Gasteiger partial charge >= 0.3 is 0 Å². The fraction of sp³-hybridized carbons (Fsp3) is 0. The molecule has 0 aliphatic carbocycles. The summed E-state index contributed by atoms with van der Waals surface area (Å²) in [7, 11) is 0. The molecule has 0 fully saturated rings. The lowest BCUT2D eigenvalue weighted by Crippen LogP contribution is -1.98. The number of para-hydroxylation sites is 2. The van der Waals surface area contributed by atoms with Crippen LogP contribution in [-0.4, -0.2) is 4.98 Å². The van der Waals surface area contributed by atoms with Crippen LogP contribution in [-0.2, 0) is 0 Å². The number of ether oxygens (including phenoxy) is 2. The predicted octanol–water partition coefficient (Wildman–Crippen LogP) is 6.39. The van der Waals surface area contributed by atoms with Gasteiger partial charge in [-0.3, -0.25) is 0 Å². The molecule has 4 heteroatoms. The highest BCUT2D eigenvalue weighted by Gasteiger charge is 2.19. The molecule has 1 aliphatic rings. The first-order valence-electron chi connectivity index (χ1n) is 7.64. The van der Waals surface area contributed by atoms with Crippen LogP contribution >= 0.6 is 11.6 Å². The van der Waals surface area contributed by atoms with E-state index in [9.17, 15) is 0 Å². The van der Waals surface area contributed by atoms with Crippen molar-refractivity contribution >= 4 is 22.5 Å². The molecule has 4 aromatic rings. The van der Waals surface area contributed by atoms with Gasteiger partial charge in [-0.1, -0.05) is 35.9 Å². The average Bonchev–Trinajstić information content (AvgIpc) is 3.01. The number of halogens is 1. The van der Waals surface area contributed by atoms with Gasteiger partial charge in [0, 0.05) is 27.7 Å². The zero-order valence-corrected chi connectivity index (χ0v) is 13.3. The molecule has 1 aliphatic heterocycles. The minimum atomic E-state index is 0.714. The normalized spacial score (nSPS) is 12.2. The average molecular weight is 334 g/mol. The largest absolute Gasteiger partial charge is 0.449 e. The van der Waals surface area contributed by atoms with Gasteiger partial charge in [-0.05, 0) is 42.0 Å². The first kappa shape index (κ1) is 13.5. The lowest BCUT2D eigenvalue weighted by molar-refractivity contribution is 0.360. The van der Waals surface area contributed by atoms with Gasteiger partial charge in [0.15, 0.2) is 23.0 Å². The van der Waals surface area contributed by atoms with E-state index in [1.54, 1.807) is 0 Å². The number of fused-ring (bicyclic) bond motifs is 3. The van der Waals surface area contributed by atoms with Crippen LogP contribution in [0.25, 0.3) is 22.2 Å². The smallest absolute Gasteiger partial charge is 0.172 e. The van der Waals surface area contributed by atoms with Crippen molar-refractivity contribution in [1.29, 1.82) is 0 Å². The Morgan fingerprint density at radius 1 is 0.708 bits per heavy atom. The Bertz CT molecular complexity index is 1000. The highest BCUT2D eigenvalue weighted by atomic mass is 35.5. The third kappa shape index (κ3) is 2.14. The number of hydrogen-bond donors (Lipinski definition) is 1. The minimum absolute atomic E-state index is 0.714. The van der Waals surface area contributed by atoms with Gasteiger partial charge in [0.2, 0.25) is 0 Å². The van der Waals surface area contributed by atoms with E-state index in [0.29, 0.717) is 5.75 Å². The van der Waals surface area contributed by atoms with Crippen LogP contribution in [0, 0.1) is 0 Å². The fourth-order valence-corrected chi connectivity index (χ4v) is 3.07. The van der Waals surface area contributed by atoms with Crippen molar-refractivity contribution in [3.63, 3.8) is 0 Å². The number of H-pyrrole nitrogens is 1. The zero-order valence-electron chi connectivity index (χ0n) is 12.5. The van der Waals surface area contributed by atoms with Gasteiger partial charge < -0.3 is 14.5 Å². The van der Waals surface area contributed by atoms with E-state index in [-0.39, 0.29) is 0 Å². The zero-order chi connectivity index (χ0) is 16.1. The Hall–Kier alpha value is -2.91. The van der Waals surface area contributed by atoms with Crippen molar-refractivity contribution in [3.8, 4) is 34.3 Å². The van der Waals surface area contributed by atoms with E-state index in [2.05, 4.69) is 11.1 Å². The van der Waals surface area contributed by atoms with Crippen LogP contribution in [0.15, 0.2) is 66.7 Å². The molecule has 3 aromatic carbocycles. The van der Waals surface area contributed by atoms with Gasteiger partial charge in [-0.2, -0.15) is 0 Å². The van der Waals surface area contributed by atoms with E-state index >= 15 is 0 Å². The van der Waals surface area contributed by atoms with Crippen LogP contribution in [0.4, 0.5) is 0 Å². The van der Waals surface area contributed by atoms with Crippen LogP contribution in [0.5, 0.6) is 23.0 Å².